The molecule has 6 heteroatoms. The molecular formula is C4H9NO4S. The molecule has 0 aliphatic carbocycles. The molecule has 0 aromatic carbocycles. The Bertz CT molecular complexity index is 207. The van der Waals surface area contributed by atoms with Crippen LogP contribution < -0.4 is 5.14 Å². The number of hydrogen-bond acceptors (Lipinski definition) is 4. The van der Waals surface area contributed by atoms with Crippen molar-refractivity contribution in [1.29, 1.82) is 0 Å². The first-order chi connectivity index (χ1) is 4.48. The zero-order valence-electron chi connectivity index (χ0n) is 5.53. The summed E-state index contributed by atoms with van der Waals surface area (Å²) in [7, 11) is -4.14. The van der Waals surface area contributed by atoms with Gasteiger partial charge in [0.1, 0.15) is 0 Å². The summed E-state index contributed by atoms with van der Waals surface area (Å²) >= 11 is 0. The Balaban J connectivity index is 3.88. The lowest BCUT2D eigenvalue weighted by Crippen LogP contribution is -2.24. The van der Waals surface area contributed by atoms with E-state index in [9.17, 15) is 13.2 Å². The third-order valence-electron chi connectivity index (χ3n) is 0.656. The number of carbonyl (C=O) groups excluding carboxylic acids is 1. The van der Waals surface area contributed by atoms with Crippen LogP contribution in [0.25, 0.3) is 0 Å². The molecule has 0 rings (SSSR count). The monoisotopic (exact) mass is 167 g/mol. The third kappa shape index (κ3) is 3.41. The van der Waals surface area contributed by atoms with E-state index >= 15 is 0 Å². The Hall–Kier alpha value is -0.620. The number of carbonyl (C=O) groups is 1. The van der Waals surface area contributed by atoms with Gasteiger partial charge in [-0.05, 0) is 6.42 Å². The van der Waals surface area contributed by atoms with Crippen LogP contribution in [0.5, 0.6) is 0 Å². The highest BCUT2D eigenvalue weighted by atomic mass is 32.2. The van der Waals surface area contributed by atoms with E-state index in [1.807, 2.05) is 0 Å². The minimum atomic E-state index is -4.14. The van der Waals surface area contributed by atoms with Crippen molar-refractivity contribution in [2.45, 2.75) is 13.3 Å². The van der Waals surface area contributed by atoms with Crippen LogP contribution >= 0.6 is 0 Å². The predicted molar refractivity (Wildman–Crippen MR) is 34.7 cm³/mol. The molecule has 0 unspecified atom stereocenters. The van der Waals surface area contributed by atoms with Crippen molar-refractivity contribution in [3.8, 4) is 0 Å². The predicted octanol–water partition coefficient (Wildman–Crippen LogP) is -0.178. The summed E-state index contributed by atoms with van der Waals surface area (Å²) in [5.74, 6) is 0. The second-order valence-electron chi connectivity index (χ2n) is 1.64. The summed E-state index contributed by atoms with van der Waals surface area (Å²) in [4.78, 5) is 10.3. The van der Waals surface area contributed by atoms with Crippen LogP contribution in [0, 0.1) is 0 Å². The molecule has 5 nitrogen and oxygen atoms in total. The molecule has 10 heavy (non-hydrogen) atoms. The molecule has 0 atom stereocenters. The van der Waals surface area contributed by atoms with Crippen molar-refractivity contribution in [3.63, 3.8) is 0 Å². The molecule has 0 amide bonds. The van der Waals surface area contributed by atoms with Crippen LogP contribution in [-0.2, 0) is 14.8 Å². The van der Waals surface area contributed by atoms with Crippen molar-refractivity contribution in [2.24, 2.45) is 5.14 Å². The summed E-state index contributed by atoms with van der Waals surface area (Å²) in [6, 6.07) is 0. The molecule has 0 bridgehead atoms. The molecule has 0 aliphatic heterocycles. The van der Waals surface area contributed by atoms with Gasteiger partial charge in [0.05, 0.1) is 6.61 Å². The van der Waals surface area contributed by atoms with Crippen LogP contribution in [0.4, 0.5) is 4.79 Å². The molecule has 0 saturated carbocycles. The Morgan fingerprint density at radius 2 is 2.10 bits per heavy atom. The molecule has 2 N–H and O–H groups in total. The van der Waals surface area contributed by atoms with Crippen molar-refractivity contribution in [3.05, 3.63) is 0 Å². The van der Waals surface area contributed by atoms with Crippen LogP contribution in [0.1, 0.15) is 13.3 Å². The molecule has 0 aromatic heterocycles. The fourth-order valence-corrected chi connectivity index (χ4v) is 0.515. The number of rotatable bonds is 2. The van der Waals surface area contributed by atoms with Gasteiger partial charge in [0.15, 0.2) is 0 Å². The lowest BCUT2D eigenvalue weighted by Gasteiger charge is -1.97. The Labute approximate surface area is 59.2 Å². The minimum absolute atomic E-state index is 0.0786. The second-order valence-corrected chi connectivity index (χ2v) is 3.07. The summed E-state index contributed by atoms with van der Waals surface area (Å²) < 4.78 is 24.5. The Morgan fingerprint density at radius 3 is 2.40 bits per heavy atom. The first-order valence-electron chi connectivity index (χ1n) is 2.68. The van der Waals surface area contributed by atoms with E-state index < -0.39 is 15.3 Å². The molecule has 0 heterocycles. The third-order valence-corrected chi connectivity index (χ3v) is 1.24. The standard InChI is InChI=1S/C4H9NO4S/c1-2-3-9-4(6)10(5,7)8/h2-3H2,1H3,(H2,5,7,8). The number of ether oxygens (including phenoxy) is 1. The number of primary sulfonamides is 1. The van der Waals surface area contributed by atoms with Gasteiger partial charge < -0.3 is 4.74 Å². The molecule has 60 valence electrons. The van der Waals surface area contributed by atoms with Crippen molar-refractivity contribution < 1.29 is 17.9 Å². The van der Waals surface area contributed by atoms with Crippen molar-refractivity contribution in [2.75, 3.05) is 6.61 Å². The van der Waals surface area contributed by atoms with Crippen LogP contribution in [0.2, 0.25) is 0 Å². The topological polar surface area (TPSA) is 86.5 Å². The van der Waals surface area contributed by atoms with E-state index in [0.29, 0.717) is 6.42 Å². The van der Waals surface area contributed by atoms with Gasteiger partial charge in [-0.25, -0.2) is 18.4 Å². The summed E-state index contributed by atoms with van der Waals surface area (Å²) in [5, 5.41) is 3.05. The van der Waals surface area contributed by atoms with Crippen LogP contribution in [0.15, 0.2) is 0 Å². The van der Waals surface area contributed by atoms with Gasteiger partial charge in [0.25, 0.3) is 0 Å². The van der Waals surface area contributed by atoms with E-state index in [1.54, 1.807) is 6.92 Å². The fraction of sp³-hybridized carbons (Fsp3) is 0.750. The summed E-state index contributed by atoms with van der Waals surface area (Å²) in [5.41, 5.74) is 0. The van der Waals surface area contributed by atoms with E-state index in [0.717, 1.165) is 0 Å². The molecule has 0 spiro atoms. The molecular weight excluding hydrogens is 158 g/mol. The number of sulfonamides is 1. The highest BCUT2D eigenvalue weighted by Gasteiger charge is 2.16. The maximum atomic E-state index is 10.3. The normalized spacial score (nSPS) is 11.0. The average molecular weight is 167 g/mol. The fourth-order valence-electron chi connectivity index (χ4n) is 0.268. The number of nitrogens with two attached hydrogens (primary N) is 1. The Morgan fingerprint density at radius 1 is 1.60 bits per heavy atom. The average Bonchev–Trinajstić information content (AvgIpc) is 1.80. The van der Waals surface area contributed by atoms with Crippen LogP contribution in [-0.4, -0.2) is 20.3 Å². The van der Waals surface area contributed by atoms with E-state index in [-0.39, 0.29) is 6.61 Å². The summed E-state index contributed by atoms with van der Waals surface area (Å²) in [6.07, 6.45) is 0.571. The molecule has 0 aromatic rings. The zero-order chi connectivity index (χ0) is 8.20. The molecule has 0 fully saturated rings. The zero-order valence-corrected chi connectivity index (χ0v) is 6.35. The van der Waals surface area contributed by atoms with Gasteiger partial charge in [0.2, 0.25) is 0 Å². The van der Waals surface area contributed by atoms with Crippen molar-refractivity contribution in [1.82, 2.24) is 0 Å². The van der Waals surface area contributed by atoms with Crippen molar-refractivity contribution >= 4 is 15.3 Å². The van der Waals surface area contributed by atoms with Gasteiger partial charge in [-0.2, -0.15) is 0 Å². The lowest BCUT2D eigenvalue weighted by atomic mass is 10.5. The smallest absolute Gasteiger partial charge is 0.439 e. The van der Waals surface area contributed by atoms with E-state index in [1.165, 1.54) is 0 Å². The second kappa shape index (κ2) is 3.52. The quantitative estimate of drug-likeness (QED) is 0.578. The first-order valence-corrected chi connectivity index (χ1v) is 4.22. The van der Waals surface area contributed by atoms with Gasteiger partial charge in [-0.1, -0.05) is 6.92 Å². The lowest BCUT2D eigenvalue weighted by molar-refractivity contribution is 0.172. The molecule has 0 radical (unpaired) electrons. The highest BCUT2D eigenvalue weighted by molar-refractivity contribution is 8.03. The van der Waals surface area contributed by atoms with Gasteiger partial charge in [0, 0.05) is 0 Å². The Kier molecular flexibility index (Phi) is 3.31. The first kappa shape index (κ1) is 9.38. The van der Waals surface area contributed by atoms with Gasteiger partial charge in [-0.15, -0.1) is 0 Å². The van der Waals surface area contributed by atoms with Crippen LogP contribution in [0.3, 0.4) is 0 Å². The highest BCUT2D eigenvalue weighted by Crippen LogP contribution is 1.89. The SMILES string of the molecule is CCCOC(=O)S(N)(=O)=O. The largest absolute Gasteiger partial charge is 0.453 e. The molecule has 0 saturated heterocycles. The molecule has 0 aliphatic rings. The summed E-state index contributed by atoms with van der Waals surface area (Å²) in [6.45, 7) is 1.83. The minimum Gasteiger partial charge on any atom is -0.453 e. The maximum absolute atomic E-state index is 10.3. The van der Waals surface area contributed by atoms with Gasteiger partial charge in [-0.3, -0.25) is 0 Å². The maximum Gasteiger partial charge on any atom is 0.439 e. The number of hydrogen-bond donors (Lipinski definition) is 1. The van der Waals surface area contributed by atoms with E-state index in [2.05, 4.69) is 9.88 Å². The van der Waals surface area contributed by atoms with Gasteiger partial charge >= 0.3 is 15.3 Å². The van der Waals surface area contributed by atoms with E-state index in [4.69, 9.17) is 0 Å².